The smallest absolute Gasteiger partial charge is 0.139 e. The number of fused-ring (bicyclic) bond motifs is 2. The minimum Gasteiger partial charge on any atom is -0.361 e. The SMILES string of the molecule is CC(=O)CS[C@@H]1C[C@@]12CC1c3cccc4[nH]cc(c34)C[C@H]1N(C)C2. The summed E-state index contributed by atoms with van der Waals surface area (Å²) in [5, 5.41) is 2.16. The zero-order valence-electron chi connectivity index (χ0n) is 14.3. The van der Waals surface area contributed by atoms with Crippen molar-refractivity contribution in [3.05, 3.63) is 35.5 Å². The number of carbonyl (C=O) groups is 1. The Bertz CT molecular complexity index is 828. The van der Waals surface area contributed by atoms with E-state index >= 15 is 0 Å². The second-order valence-corrected chi connectivity index (χ2v) is 9.34. The second-order valence-electron chi connectivity index (χ2n) is 8.15. The largest absolute Gasteiger partial charge is 0.361 e. The lowest BCUT2D eigenvalue weighted by molar-refractivity contribution is -0.114. The number of piperidine rings is 1. The summed E-state index contributed by atoms with van der Waals surface area (Å²) in [5.74, 6) is 1.63. The van der Waals surface area contributed by atoms with Gasteiger partial charge >= 0.3 is 0 Å². The maximum Gasteiger partial charge on any atom is 0.139 e. The van der Waals surface area contributed by atoms with E-state index in [9.17, 15) is 4.79 Å². The number of aromatic nitrogens is 1. The third-order valence-electron chi connectivity index (χ3n) is 6.47. The number of ketones is 1. The molecule has 0 amide bonds. The molecule has 5 rings (SSSR count). The molecule has 24 heavy (non-hydrogen) atoms. The lowest BCUT2D eigenvalue weighted by Gasteiger charge is -2.46. The van der Waals surface area contributed by atoms with Crippen molar-refractivity contribution in [1.82, 2.24) is 9.88 Å². The van der Waals surface area contributed by atoms with Crippen LogP contribution in [-0.4, -0.2) is 46.3 Å². The number of H-pyrrole nitrogens is 1. The Kier molecular flexibility index (Phi) is 3.21. The fraction of sp³-hybridized carbons (Fsp3) is 0.550. The Morgan fingerprint density at radius 1 is 1.42 bits per heavy atom. The standard InChI is InChI=1S/C20H24N2OS/c1-12(23)10-24-18-8-20(18)7-15-14-4-3-5-16-19(14)13(9-21-16)6-17(15)22(2)11-20/h3-5,9,15,17-18,21H,6-8,10-11H2,1-2H3/t15?,17-,18-,20-/m1/s1. The van der Waals surface area contributed by atoms with Crippen molar-refractivity contribution < 1.29 is 4.79 Å². The number of Topliss-reactive ketones (excluding diaryl/α,β-unsaturated/α-hetero) is 1. The second kappa shape index (κ2) is 5.12. The maximum atomic E-state index is 11.3. The predicted octanol–water partition coefficient (Wildman–Crippen LogP) is 3.59. The van der Waals surface area contributed by atoms with Gasteiger partial charge in [0.1, 0.15) is 5.78 Å². The van der Waals surface area contributed by atoms with Gasteiger partial charge in [-0.1, -0.05) is 12.1 Å². The number of benzene rings is 1. The molecule has 1 unspecified atom stereocenters. The molecule has 1 aromatic carbocycles. The topological polar surface area (TPSA) is 36.1 Å². The Morgan fingerprint density at radius 3 is 3.12 bits per heavy atom. The van der Waals surface area contributed by atoms with Crippen LogP contribution >= 0.6 is 11.8 Å². The molecule has 0 bridgehead atoms. The molecule has 2 aliphatic carbocycles. The van der Waals surface area contributed by atoms with Crippen LogP contribution in [0.2, 0.25) is 0 Å². The van der Waals surface area contributed by atoms with Gasteiger partial charge in [-0.25, -0.2) is 0 Å². The average Bonchev–Trinajstić information content (AvgIpc) is 3.03. The van der Waals surface area contributed by atoms with Gasteiger partial charge < -0.3 is 9.88 Å². The molecule has 3 nitrogen and oxygen atoms in total. The highest BCUT2D eigenvalue weighted by Gasteiger charge is 2.59. The van der Waals surface area contributed by atoms with E-state index in [1.807, 2.05) is 11.8 Å². The first-order valence-corrected chi connectivity index (χ1v) is 10.0. The quantitative estimate of drug-likeness (QED) is 0.927. The van der Waals surface area contributed by atoms with Crippen LogP contribution in [0.3, 0.4) is 0 Å². The van der Waals surface area contributed by atoms with Crippen molar-refractivity contribution in [3.63, 3.8) is 0 Å². The van der Waals surface area contributed by atoms with Crippen LogP contribution in [0, 0.1) is 5.41 Å². The predicted molar refractivity (Wildman–Crippen MR) is 99.8 cm³/mol. The number of likely N-dealkylation sites (N-methyl/N-ethyl adjacent to an activating group) is 1. The summed E-state index contributed by atoms with van der Waals surface area (Å²) < 4.78 is 0. The molecule has 2 fully saturated rings. The number of nitrogens with one attached hydrogen (secondary N) is 1. The summed E-state index contributed by atoms with van der Waals surface area (Å²) in [6.07, 6.45) is 5.96. The van der Waals surface area contributed by atoms with Crippen LogP contribution in [0.1, 0.15) is 36.8 Å². The molecule has 4 atom stereocenters. The highest BCUT2D eigenvalue weighted by Crippen LogP contribution is 2.63. The third kappa shape index (κ3) is 2.12. The van der Waals surface area contributed by atoms with Gasteiger partial charge in [0, 0.05) is 40.9 Å². The molecule has 1 spiro atoms. The number of hydrogen-bond donors (Lipinski definition) is 1. The molecular formula is C20H24N2OS. The van der Waals surface area contributed by atoms with Crippen LogP contribution in [-0.2, 0) is 11.2 Å². The highest BCUT2D eigenvalue weighted by molar-refractivity contribution is 8.00. The molecule has 1 aliphatic heterocycles. The number of hydrogen-bond acceptors (Lipinski definition) is 3. The minimum absolute atomic E-state index is 0.309. The summed E-state index contributed by atoms with van der Waals surface area (Å²) in [7, 11) is 2.31. The molecule has 1 saturated carbocycles. The number of rotatable bonds is 3. The van der Waals surface area contributed by atoms with Crippen LogP contribution in [0.5, 0.6) is 0 Å². The van der Waals surface area contributed by atoms with E-state index in [-0.39, 0.29) is 0 Å². The molecule has 2 heterocycles. The van der Waals surface area contributed by atoms with Crippen molar-refractivity contribution in [3.8, 4) is 0 Å². The first-order chi connectivity index (χ1) is 11.6. The fourth-order valence-corrected chi connectivity index (χ4v) is 6.71. The molecule has 1 N–H and O–H groups in total. The van der Waals surface area contributed by atoms with E-state index in [1.54, 1.807) is 12.5 Å². The summed E-state index contributed by atoms with van der Waals surface area (Å²) in [4.78, 5) is 17.4. The van der Waals surface area contributed by atoms with Gasteiger partial charge in [0.05, 0.1) is 5.75 Å². The van der Waals surface area contributed by atoms with E-state index in [0.29, 0.717) is 34.2 Å². The zero-order chi connectivity index (χ0) is 16.5. The van der Waals surface area contributed by atoms with E-state index in [0.717, 1.165) is 0 Å². The van der Waals surface area contributed by atoms with Gasteiger partial charge in [-0.2, -0.15) is 11.8 Å². The van der Waals surface area contributed by atoms with Crippen molar-refractivity contribution in [2.24, 2.45) is 5.41 Å². The zero-order valence-corrected chi connectivity index (χ0v) is 15.2. The van der Waals surface area contributed by atoms with Crippen LogP contribution in [0.15, 0.2) is 24.4 Å². The van der Waals surface area contributed by atoms with E-state index in [4.69, 9.17) is 0 Å². The Balaban J connectivity index is 1.48. The monoisotopic (exact) mass is 340 g/mol. The van der Waals surface area contributed by atoms with Crippen LogP contribution < -0.4 is 0 Å². The highest BCUT2D eigenvalue weighted by atomic mass is 32.2. The molecule has 126 valence electrons. The van der Waals surface area contributed by atoms with E-state index in [1.165, 1.54) is 42.3 Å². The number of likely N-dealkylation sites (tertiary alicyclic amines) is 1. The van der Waals surface area contributed by atoms with Gasteiger partial charge in [0.25, 0.3) is 0 Å². The van der Waals surface area contributed by atoms with Crippen molar-refractivity contribution in [2.45, 2.75) is 43.4 Å². The maximum absolute atomic E-state index is 11.3. The normalized spacial score (nSPS) is 34.5. The fourth-order valence-electron chi connectivity index (χ4n) is 5.30. The molecule has 1 saturated heterocycles. The Morgan fingerprint density at radius 2 is 2.29 bits per heavy atom. The minimum atomic E-state index is 0.309. The molecular weight excluding hydrogens is 316 g/mol. The summed E-state index contributed by atoms with van der Waals surface area (Å²) in [6.45, 7) is 2.90. The van der Waals surface area contributed by atoms with Crippen molar-refractivity contribution in [2.75, 3.05) is 19.3 Å². The van der Waals surface area contributed by atoms with Crippen molar-refractivity contribution in [1.29, 1.82) is 0 Å². The summed E-state index contributed by atoms with van der Waals surface area (Å²) in [5.41, 5.74) is 4.77. The van der Waals surface area contributed by atoms with E-state index in [2.05, 4.69) is 41.3 Å². The van der Waals surface area contributed by atoms with Gasteiger partial charge in [-0.3, -0.25) is 4.79 Å². The number of aromatic amines is 1. The lowest BCUT2D eigenvalue weighted by atomic mass is 9.71. The third-order valence-corrected chi connectivity index (χ3v) is 8.11. The number of thioether (sulfide) groups is 1. The first kappa shape index (κ1) is 15.0. The van der Waals surface area contributed by atoms with Crippen LogP contribution in [0.4, 0.5) is 0 Å². The average molecular weight is 340 g/mol. The molecule has 2 aromatic rings. The first-order valence-electron chi connectivity index (χ1n) is 8.97. The number of nitrogens with zero attached hydrogens (tertiary/aromatic N) is 1. The summed E-state index contributed by atoms with van der Waals surface area (Å²) >= 11 is 1.89. The van der Waals surface area contributed by atoms with Gasteiger partial charge in [-0.15, -0.1) is 0 Å². The molecule has 4 heteroatoms. The van der Waals surface area contributed by atoms with Gasteiger partial charge in [0.15, 0.2) is 0 Å². The Labute approximate surface area is 147 Å². The van der Waals surface area contributed by atoms with Crippen molar-refractivity contribution >= 4 is 28.4 Å². The Hall–Kier alpha value is -1.26. The van der Waals surface area contributed by atoms with Gasteiger partial charge in [-0.05, 0) is 55.8 Å². The van der Waals surface area contributed by atoms with Gasteiger partial charge in [0.2, 0.25) is 0 Å². The van der Waals surface area contributed by atoms with E-state index < -0.39 is 0 Å². The van der Waals surface area contributed by atoms with Crippen LogP contribution in [0.25, 0.3) is 10.9 Å². The lowest BCUT2D eigenvalue weighted by Crippen LogP contribution is -2.49. The molecule has 3 aliphatic rings. The molecule has 0 radical (unpaired) electrons. The summed E-state index contributed by atoms with van der Waals surface area (Å²) in [6, 6.07) is 7.39. The molecule has 1 aromatic heterocycles. The number of carbonyl (C=O) groups excluding carboxylic acids is 1.